The van der Waals surface area contributed by atoms with E-state index in [-0.39, 0.29) is 24.0 Å². The summed E-state index contributed by atoms with van der Waals surface area (Å²) in [4.78, 5) is 6.70. The van der Waals surface area contributed by atoms with Crippen LogP contribution in [0.25, 0.3) is 0 Å². The number of anilines is 1. The van der Waals surface area contributed by atoms with Gasteiger partial charge in [-0.3, -0.25) is 0 Å². The molecule has 0 aliphatic heterocycles. The predicted molar refractivity (Wildman–Crippen MR) is 125 cm³/mol. The molecule has 6 heteroatoms. The van der Waals surface area contributed by atoms with Crippen molar-refractivity contribution in [2.75, 3.05) is 32.1 Å². The molecule has 1 atom stereocenters. The highest BCUT2D eigenvalue weighted by molar-refractivity contribution is 14.0. The van der Waals surface area contributed by atoms with Gasteiger partial charge in [0.1, 0.15) is 5.60 Å². The second-order valence-electron chi connectivity index (χ2n) is 6.75. The Labute approximate surface area is 179 Å². The van der Waals surface area contributed by atoms with Crippen molar-refractivity contribution in [3.63, 3.8) is 0 Å². The number of rotatable bonds is 7. The van der Waals surface area contributed by atoms with Crippen molar-refractivity contribution >= 4 is 35.6 Å². The summed E-state index contributed by atoms with van der Waals surface area (Å²) in [6.07, 6.45) is 0. The first kappa shape index (κ1) is 23.2. The molecule has 0 spiro atoms. The number of benzene rings is 2. The van der Waals surface area contributed by atoms with Crippen molar-refractivity contribution in [3.05, 3.63) is 65.7 Å². The Balaban J connectivity index is 0.00000364. The van der Waals surface area contributed by atoms with E-state index < -0.39 is 5.60 Å². The number of aliphatic hydroxyl groups is 1. The lowest BCUT2D eigenvalue weighted by atomic mass is 9.96. The molecule has 0 saturated heterocycles. The molecule has 5 nitrogen and oxygen atoms in total. The average Bonchev–Trinajstić information content (AvgIpc) is 2.65. The molecule has 2 aromatic carbocycles. The Kier molecular flexibility index (Phi) is 9.59. The van der Waals surface area contributed by atoms with E-state index in [1.807, 2.05) is 51.4 Å². The summed E-state index contributed by atoms with van der Waals surface area (Å²) in [7, 11) is 4.05. The van der Waals surface area contributed by atoms with Crippen LogP contribution in [0.2, 0.25) is 0 Å². The number of hydrogen-bond donors (Lipinski definition) is 3. The number of nitrogens with one attached hydrogen (secondary N) is 2. The van der Waals surface area contributed by atoms with Gasteiger partial charge in [0, 0.05) is 26.3 Å². The molecule has 148 valence electrons. The smallest absolute Gasteiger partial charge is 0.191 e. The highest BCUT2D eigenvalue weighted by Gasteiger charge is 2.22. The Morgan fingerprint density at radius 1 is 1.04 bits per heavy atom. The molecular weight excluding hydrogens is 451 g/mol. The molecular formula is C21H31IN4O. The van der Waals surface area contributed by atoms with Crippen LogP contribution >= 0.6 is 24.0 Å². The van der Waals surface area contributed by atoms with Crippen molar-refractivity contribution in [2.24, 2.45) is 4.99 Å². The van der Waals surface area contributed by atoms with Crippen LogP contribution in [0.1, 0.15) is 25.0 Å². The van der Waals surface area contributed by atoms with Crippen LogP contribution in [-0.2, 0) is 12.1 Å². The lowest BCUT2D eigenvalue weighted by Gasteiger charge is -2.25. The van der Waals surface area contributed by atoms with Gasteiger partial charge in [0.2, 0.25) is 0 Å². The summed E-state index contributed by atoms with van der Waals surface area (Å²) in [5.74, 6) is 0.695. The van der Waals surface area contributed by atoms with Gasteiger partial charge in [-0.2, -0.15) is 0 Å². The van der Waals surface area contributed by atoms with Gasteiger partial charge in [0.15, 0.2) is 5.96 Å². The van der Waals surface area contributed by atoms with Crippen molar-refractivity contribution in [1.82, 2.24) is 10.6 Å². The van der Waals surface area contributed by atoms with Crippen LogP contribution in [0.5, 0.6) is 0 Å². The molecule has 0 amide bonds. The Hall–Kier alpha value is -1.80. The van der Waals surface area contributed by atoms with E-state index in [9.17, 15) is 5.11 Å². The van der Waals surface area contributed by atoms with Gasteiger partial charge in [-0.25, -0.2) is 4.99 Å². The summed E-state index contributed by atoms with van der Waals surface area (Å²) < 4.78 is 0. The first-order valence-electron chi connectivity index (χ1n) is 8.98. The van der Waals surface area contributed by atoms with Crippen LogP contribution in [-0.4, -0.2) is 38.3 Å². The van der Waals surface area contributed by atoms with Gasteiger partial charge in [-0.05, 0) is 37.1 Å². The third kappa shape index (κ3) is 7.38. The summed E-state index contributed by atoms with van der Waals surface area (Å²) in [5.41, 5.74) is 2.22. The maximum atomic E-state index is 10.7. The monoisotopic (exact) mass is 482 g/mol. The molecule has 0 bridgehead atoms. The molecule has 1 unspecified atom stereocenters. The van der Waals surface area contributed by atoms with E-state index in [2.05, 4.69) is 44.8 Å². The molecule has 0 aromatic heterocycles. The molecule has 3 N–H and O–H groups in total. The summed E-state index contributed by atoms with van der Waals surface area (Å²) in [6.45, 7) is 5.55. The fraction of sp³-hybridized carbons (Fsp3) is 0.381. The normalized spacial score (nSPS) is 13.3. The van der Waals surface area contributed by atoms with Gasteiger partial charge >= 0.3 is 0 Å². The lowest BCUT2D eigenvalue weighted by molar-refractivity contribution is 0.0617. The molecule has 27 heavy (non-hydrogen) atoms. The SMILES string of the molecule is CCNC(=NCc1ccc(N(C)C)cc1)NCC(C)(O)c1ccccc1.I. The standard InChI is InChI=1S/C21H30N4O.HI/c1-5-22-20(23-15-17-11-13-19(14-12-17)25(3)4)24-16-21(2,26)18-9-7-6-8-10-18;/h6-14,26H,5,15-16H2,1-4H3,(H2,22,23,24);1H. The molecule has 0 saturated carbocycles. The highest BCUT2D eigenvalue weighted by Crippen LogP contribution is 2.19. The van der Waals surface area contributed by atoms with E-state index in [0.29, 0.717) is 19.0 Å². The van der Waals surface area contributed by atoms with E-state index in [1.165, 1.54) is 5.69 Å². The van der Waals surface area contributed by atoms with Crippen LogP contribution in [0.4, 0.5) is 5.69 Å². The van der Waals surface area contributed by atoms with Gasteiger partial charge in [0.05, 0.1) is 13.1 Å². The first-order valence-corrected chi connectivity index (χ1v) is 8.98. The zero-order chi connectivity index (χ0) is 19.0. The van der Waals surface area contributed by atoms with Crippen LogP contribution in [0.15, 0.2) is 59.6 Å². The van der Waals surface area contributed by atoms with E-state index in [1.54, 1.807) is 6.92 Å². The van der Waals surface area contributed by atoms with Crippen molar-refractivity contribution < 1.29 is 5.11 Å². The largest absolute Gasteiger partial charge is 0.384 e. The Bertz CT molecular complexity index is 700. The third-order valence-corrected chi connectivity index (χ3v) is 4.21. The molecule has 0 radical (unpaired) electrons. The fourth-order valence-corrected chi connectivity index (χ4v) is 2.57. The molecule has 0 heterocycles. The number of halogens is 1. The topological polar surface area (TPSA) is 59.9 Å². The predicted octanol–water partition coefficient (Wildman–Crippen LogP) is 3.33. The Morgan fingerprint density at radius 3 is 2.22 bits per heavy atom. The molecule has 0 fully saturated rings. The van der Waals surface area contributed by atoms with E-state index in [0.717, 1.165) is 17.7 Å². The minimum absolute atomic E-state index is 0. The fourth-order valence-electron chi connectivity index (χ4n) is 2.57. The van der Waals surface area contributed by atoms with E-state index >= 15 is 0 Å². The summed E-state index contributed by atoms with van der Waals surface area (Å²) in [5, 5.41) is 17.2. The van der Waals surface area contributed by atoms with Crippen molar-refractivity contribution in [2.45, 2.75) is 26.0 Å². The van der Waals surface area contributed by atoms with Crippen LogP contribution in [0.3, 0.4) is 0 Å². The summed E-state index contributed by atoms with van der Waals surface area (Å²) >= 11 is 0. The molecule has 0 aliphatic rings. The van der Waals surface area contributed by atoms with Crippen molar-refractivity contribution in [1.29, 1.82) is 0 Å². The quantitative estimate of drug-likeness (QED) is 0.322. The maximum Gasteiger partial charge on any atom is 0.191 e. The summed E-state index contributed by atoms with van der Waals surface area (Å²) in [6, 6.07) is 18.0. The Morgan fingerprint density at radius 2 is 1.67 bits per heavy atom. The minimum Gasteiger partial charge on any atom is -0.384 e. The lowest BCUT2D eigenvalue weighted by Crippen LogP contribution is -2.44. The second-order valence-corrected chi connectivity index (χ2v) is 6.75. The molecule has 2 rings (SSSR count). The van der Waals surface area contributed by atoms with E-state index in [4.69, 9.17) is 0 Å². The van der Waals surface area contributed by atoms with Crippen molar-refractivity contribution in [3.8, 4) is 0 Å². The average molecular weight is 482 g/mol. The number of guanidine groups is 1. The maximum absolute atomic E-state index is 10.7. The molecule has 2 aromatic rings. The zero-order valence-corrected chi connectivity index (χ0v) is 18.9. The number of aliphatic imine (C=N–C) groups is 1. The minimum atomic E-state index is -0.967. The van der Waals surface area contributed by atoms with Crippen LogP contribution in [0, 0.1) is 0 Å². The number of hydrogen-bond acceptors (Lipinski definition) is 3. The number of nitrogens with zero attached hydrogens (tertiary/aromatic N) is 2. The zero-order valence-electron chi connectivity index (χ0n) is 16.6. The van der Waals surface area contributed by atoms with Crippen LogP contribution < -0.4 is 15.5 Å². The van der Waals surface area contributed by atoms with Gasteiger partial charge in [-0.1, -0.05) is 42.5 Å². The third-order valence-electron chi connectivity index (χ3n) is 4.21. The molecule has 0 aliphatic carbocycles. The van der Waals surface area contributed by atoms with Gasteiger partial charge in [0.25, 0.3) is 0 Å². The second kappa shape index (κ2) is 11.1. The van der Waals surface area contributed by atoms with Gasteiger partial charge < -0.3 is 20.6 Å². The first-order chi connectivity index (χ1) is 12.4. The van der Waals surface area contributed by atoms with Gasteiger partial charge in [-0.15, -0.1) is 24.0 Å². The highest BCUT2D eigenvalue weighted by atomic mass is 127.